The van der Waals surface area contributed by atoms with Crippen molar-refractivity contribution in [2.45, 2.75) is 32.4 Å². The van der Waals surface area contributed by atoms with Gasteiger partial charge in [-0.3, -0.25) is 9.78 Å². The second kappa shape index (κ2) is 11.7. The summed E-state index contributed by atoms with van der Waals surface area (Å²) in [5, 5.41) is 10.5. The van der Waals surface area contributed by atoms with Crippen LogP contribution in [0.4, 0.5) is 14.6 Å². The number of halogens is 3. The SMILES string of the molecule is C=CC(=O)N1C[C@H](C)N(c2nc(OCCc3ccccn3)nc3c(F)c(-c4c(O)cccc4F)c(Cl)cc23)C[C@H]1C. The number of benzene rings is 2. The minimum absolute atomic E-state index is 0.0854. The molecule has 1 fully saturated rings. The van der Waals surface area contributed by atoms with Crippen molar-refractivity contribution < 1.29 is 23.4 Å². The molecular weight excluding hydrogens is 552 g/mol. The highest BCUT2D eigenvalue weighted by Gasteiger charge is 2.34. The van der Waals surface area contributed by atoms with Crippen molar-refractivity contribution in [3.05, 3.63) is 83.7 Å². The molecule has 0 spiro atoms. The third-order valence-corrected chi connectivity index (χ3v) is 7.41. The third-order valence-electron chi connectivity index (χ3n) is 7.12. The van der Waals surface area contributed by atoms with Crippen LogP contribution in [0.1, 0.15) is 19.5 Å². The van der Waals surface area contributed by atoms with E-state index in [0.717, 1.165) is 11.8 Å². The quantitative estimate of drug-likeness (QED) is 0.287. The lowest BCUT2D eigenvalue weighted by Gasteiger charge is -2.44. The Morgan fingerprint density at radius 3 is 2.66 bits per heavy atom. The fourth-order valence-electron chi connectivity index (χ4n) is 5.07. The van der Waals surface area contributed by atoms with Gasteiger partial charge in [0.15, 0.2) is 5.82 Å². The molecule has 2 atom stereocenters. The van der Waals surface area contributed by atoms with E-state index in [2.05, 4.69) is 21.5 Å². The van der Waals surface area contributed by atoms with Crippen LogP contribution < -0.4 is 9.64 Å². The fourth-order valence-corrected chi connectivity index (χ4v) is 5.36. The molecule has 2 aromatic carbocycles. The van der Waals surface area contributed by atoms with Gasteiger partial charge in [-0.25, -0.2) is 8.78 Å². The fraction of sp³-hybridized carbons (Fsp3) is 0.267. The number of aromatic hydroxyl groups is 1. The Morgan fingerprint density at radius 2 is 1.95 bits per heavy atom. The first kappa shape index (κ1) is 28.2. The predicted molar refractivity (Wildman–Crippen MR) is 153 cm³/mol. The van der Waals surface area contributed by atoms with Crippen molar-refractivity contribution in [3.63, 3.8) is 0 Å². The maximum Gasteiger partial charge on any atom is 0.319 e. The molecule has 1 aliphatic rings. The van der Waals surface area contributed by atoms with Crippen molar-refractivity contribution in [1.29, 1.82) is 0 Å². The van der Waals surface area contributed by atoms with Gasteiger partial charge in [0.05, 0.1) is 17.2 Å². The number of fused-ring (bicyclic) bond motifs is 1. The average Bonchev–Trinajstić information content (AvgIpc) is 2.95. The van der Waals surface area contributed by atoms with Gasteiger partial charge in [-0.05, 0) is 50.3 Å². The van der Waals surface area contributed by atoms with E-state index >= 15 is 4.39 Å². The zero-order chi connectivity index (χ0) is 29.3. The first-order valence-electron chi connectivity index (χ1n) is 13.1. The Hall–Kier alpha value is -4.31. The van der Waals surface area contributed by atoms with Crippen LogP contribution in [0, 0.1) is 11.6 Å². The Balaban J connectivity index is 1.62. The molecule has 1 saturated heterocycles. The number of hydrogen-bond donors (Lipinski definition) is 1. The van der Waals surface area contributed by atoms with Crippen LogP contribution in [0.2, 0.25) is 5.02 Å². The number of carbonyl (C=O) groups excluding carboxylic acids is 1. The number of phenolic OH excluding ortho intramolecular Hbond substituents is 1. The van der Waals surface area contributed by atoms with Crippen LogP contribution in [0.15, 0.2) is 61.3 Å². The topological polar surface area (TPSA) is 91.7 Å². The van der Waals surface area contributed by atoms with Gasteiger partial charge in [0.25, 0.3) is 0 Å². The number of nitrogens with zero attached hydrogens (tertiary/aromatic N) is 5. The number of phenols is 1. The molecule has 0 radical (unpaired) electrons. The van der Waals surface area contributed by atoms with Crippen LogP contribution in [0.25, 0.3) is 22.0 Å². The number of piperazine rings is 1. The van der Waals surface area contributed by atoms with E-state index in [1.807, 2.05) is 36.9 Å². The molecule has 0 aliphatic carbocycles. The zero-order valence-corrected chi connectivity index (χ0v) is 23.3. The van der Waals surface area contributed by atoms with Crippen molar-refractivity contribution in [2.75, 3.05) is 24.6 Å². The lowest BCUT2D eigenvalue weighted by Crippen LogP contribution is -2.58. The van der Waals surface area contributed by atoms with Gasteiger partial charge < -0.3 is 19.6 Å². The first-order valence-corrected chi connectivity index (χ1v) is 13.5. The third kappa shape index (κ3) is 5.52. The average molecular weight is 580 g/mol. The molecule has 2 aromatic heterocycles. The Bertz CT molecular complexity index is 1600. The smallest absolute Gasteiger partial charge is 0.319 e. The summed E-state index contributed by atoms with van der Waals surface area (Å²) in [5.41, 5.74) is -0.0292. The van der Waals surface area contributed by atoms with E-state index < -0.39 is 17.4 Å². The monoisotopic (exact) mass is 579 g/mol. The molecule has 1 amide bonds. The molecule has 1 N–H and O–H groups in total. The lowest BCUT2D eigenvalue weighted by atomic mass is 10.0. The molecule has 11 heteroatoms. The van der Waals surface area contributed by atoms with Crippen LogP contribution in [0.3, 0.4) is 0 Å². The highest BCUT2D eigenvalue weighted by molar-refractivity contribution is 6.34. The van der Waals surface area contributed by atoms with Crippen LogP contribution in [-0.2, 0) is 11.2 Å². The van der Waals surface area contributed by atoms with Crippen molar-refractivity contribution >= 4 is 34.2 Å². The van der Waals surface area contributed by atoms with Gasteiger partial charge in [-0.2, -0.15) is 9.97 Å². The molecule has 3 heterocycles. The summed E-state index contributed by atoms with van der Waals surface area (Å²) in [6.45, 7) is 8.36. The predicted octanol–water partition coefficient (Wildman–Crippen LogP) is 5.56. The Kier molecular flexibility index (Phi) is 8.03. The van der Waals surface area contributed by atoms with E-state index in [9.17, 15) is 14.3 Å². The zero-order valence-electron chi connectivity index (χ0n) is 22.5. The minimum Gasteiger partial charge on any atom is -0.507 e. The molecule has 0 unspecified atom stereocenters. The summed E-state index contributed by atoms with van der Waals surface area (Å²) in [4.78, 5) is 29.4. The van der Waals surface area contributed by atoms with Gasteiger partial charge >= 0.3 is 6.01 Å². The van der Waals surface area contributed by atoms with Gasteiger partial charge in [-0.1, -0.05) is 30.3 Å². The van der Waals surface area contributed by atoms with Gasteiger partial charge in [-0.15, -0.1) is 0 Å². The van der Waals surface area contributed by atoms with E-state index in [-0.39, 0.29) is 57.7 Å². The second-order valence-corrected chi connectivity index (χ2v) is 10.3. The van der Waals surface area contributed by atoms with Gasteiger partial charge in [0, 0.05) is 54.4 Å². The number of anilines is 1. The normalized spacial score (nSPS) is 17.1. The summed E-state index contributed by atoms with van der Waals surface area (Å²) in [7, 11) is 0. The summed E-state index contributed by atoms with van der Waals surface area (Å²) in [6.07, 6.45) is 3.42. The number of pyridine rings is 1. The van der Waals surface area contributed by atoms with E-state index in [0.29, 0.717) is 25.3 Å². The molecule has 8 nitrogen and oxygen atoms in total. The maximum absolute atomic E-state index is 16.3. The van der Waals surface area contributed by atoms with Gasteiger partial charge in [0.1, 0.15) is 22.9 Å². The molecular formula is C30H28ClF2N5O3. The maximum atomic E-state index is 16.3. The molecule has 4 aromatic rings. The second-order valence-electron chi connectivity index (χ2n) is 9.87. The van der Waals surface area contributed by atoms with Crippen LogP contribution >= 0.6 is 11.6 Å². The highest BCUT2D eigenvalue weighted by Crippen LogP contribution is 2.43. The number of amides is 1. The van der Waals surface area contributed by atoms with E-state index in [1.165, 1.54) is 24.3 Å². The standard InChI is InChI=1S/C30H28ClF2N5O3/c1-4-24(40)37-15-18(3)38(16-17(37)2)29-20-14-21(31)25(26-22(32)9-7-10-23(26)39)27(33)28(20)35-30(36-29)41-13-11-19-8-5-6-12-34-19/h4-10,12,14,17-18,39H,1,11,13,15-16H2,2-3H3/t17-,18+/m1/s1. The van der Waals surface area contributed by atoms with Crippen LogP contribution in [-0.4, -0.2) is 62.6 Å². The molecule has 212 valence electrons. The first-order chi connectivity index (χ1) is 19.7. The van der Waals surface area contributed by atoms with Crippen molar-refractivity contribution in [3.8, 4) is 22.9 Å². The number of aromatic nitrogens is 3. The Labute approximate surface area is 240 Å². The van der Waals surface area contributed by atoms with Crippen molar-refractivity contribution in [2.24, 2.45) is 0 Å². The minimum atomic E-state index is -0.924. The summed E-state index contributed by atoms with van der Waals surface area (Å²) in [5.74, 6) is -2.04. The number of ether oxygens (including phenoxy) is 1. The van der Waals surface area contributed by atoms with Gasteiger partial charge in [0.2, 0.25) is 5.91 Å². The largest absolute Gasteiger partial charge is 0.507 e. The molecule has 0 bridgehead atoms. The molecule has 5 rings (SSSR count). The number of carbonyl (C=O) groups is 1. The van der Waals surface area contributed by atoms with E-state index in [4.69, 9.17) is 16.3 Å². The summed E-state index contributed by atoms with van der Waals surface area (Å²) < 4.78 is 37.0. The summed E-state index contributed by atoms with van der Waals surface area (Å²) in [6, 6.07) is 10.2. The number of hydrogen-bond acceptors (Lipinski definition) is 7. The molecule has 0 saturated carbocycles. The van der Waals surface area contributed by atoms with Crippen LogP contribution in [0.5, 0.6) is 11.8 Å². The summed E-state index contributed by atoms with van der Waals surface area (Å²) >= 11 is 6.54. The Morgan fingerprint density at radius 1 is 1.15 bits per heavy atom. The molecule has 41 heavy (non-hydrogen) atoms. The molecule has 1 aliphatic heterocycles. The van der Waals surface area contributed by atoms with E-state index in [1.54, 1.807) is 11.1 Å². The lowest BCUT2D eigenvalue weighted by molar-refractivity contribution is -0.128. The van der Waals surface area contributed by atoms with Crippen molar-refractivity contribution in [1.82, 2.24) is 19.9 Å². The highest BCUT2D eigenvalue weighted by atomic mass is 35.5. The number of rotatable bonds is 7.